The van der Waals surface area contributed by atoms with Crippen LogP contribution >= 0.6 is 0 Å². The molecule has 2 N–H and O–H groups in total. The number of carbonyl (C=O) groups is 1. The van der Waals surface area contributed by atoms with Gasteiger partial charge in [0.2, 0.25) is 0 Å². The predicted octanol–water partition coefficient (Wildman–Crippen LogP) is 4.80. The van der Waals surface area contributed by atoms with Gasteiger partial charge in [0.05, 0.1) is 0 Å². The van der Waals surface area contributed by atoms with E-state index in [0.717, 1.165) is 44.8 Å². The lowest BCUT2D eigenvalue weighted by Gasteiger charge is -2.38. The first-order valence-electron chi connectivity index (χ1n) is 11.7. The van der Waals surface area contributed by atoms with Crippen molar-refractivity contribution in [3.63, 3.8) is 0 Å². The Morgan fingerprint density at radius 3 is 2.57 bits per heavy atom. The van der Waals surface area contributed by atoms with Crippen LogP contribution in [0.4, 0.5) is 16.4 Å². The van der Waals surface area contributed by atoms with Crippen molar-refractivity contribution in [2.45, 2.75) is 26.4 Å². The molecule has 1 saturated heterocycles. The van der Waals surface area contributed by atoms with Crippen LogP contribution in [0.25, 0.3) is 21.9 Å². The van der Waals surface area contributed by atoms with Crippen molar-refractivity contribution < 1.29 is 9.90 Å². The zero-order valence-corrected chi connectivity index (χ0v) is 19.8. The van der Waals surface area contributed by atoms with Gasteiger partial charge in [-0.15, -0.1) is 0 Å². The average molecular weight is 469 g/mol. The topological polar surface area (TPSA) is 94.5 Å². The number of nitrogens with zero attached hydrogens (tertiary/aromatic N) is 5. The van der Waals surface area contributed by atoms with E-state index in [-0.39, 0.29) is 6.04 Å². The summed E-state index contributed by atoms with van der Waals surface area (Å²) in [4.78, 5) is 28.5. The van der Waals surface area contributed by atoms with Gasteiger partial charge >= 0.3 is 6.09 Å². The van der Waals surface area contributed by atoms with Crippen LogP contribution in [-0.2, 0) is 6.54 Å². The monoisotopic (exact) mass is 468 g/mol. The van der Waals surface area contributed by atoms with Crippen LogP contribution in [0.3, 0.4) is 0 Å². The Morgan fingerprint density at radius 2 is 1.83 bits per heavy atom. The van der Waals surface area contributed by atoms with Crippen LogP contribution in [0.5, 0.6) is 0 Å². The number of piperazine rings is 1. The first kappa shape index (κ1) is 22.6. The molecule has 35 heavy (non-hydrogen) atoms. The molecule has 4 aromatic rings. The highest BCUT2D eigenvalue weighted by atomic mass is 16.4. The minimum absolute atomic E-state index is 0.0811. The van der Waals surface area contributed by atoms with E-state index in [1.807, 2.05) is 38.4 Å². The lowest BCUT2D eigenvalue weighted by molar-refractivity contribution is 0.122. The minimum Gasteiger partial charge on any atom is -0.465 e. The molecule has 0 aliphatic carbocycles. The van der Waals surface area contributed by atoms with Crippen LogP contribution in [0, 0.1) is 6.92 Å². The van der Waals surface area contributed by atoms with Crippen molar-refractivity contribution in [2.24, 2.45) is 0 Å². The molecule has 8 nitrogen and oxygen atoms in total. The molecule has 0 spiro atoms. The predicted molar refractivity (Wildman–Crippen MR) is 138 cm³/mol. The quantitative estimate of drug-likeness (QED) is 0.434. The van der Waals surface area contributed by atoms with Gasteiger partial charge in [-0.3, -0.25) is 4.98 Å². The maximum atomic E-state index is 11.4. The summed E-state index contributed by atoms with van der Waals surface area (Å²) in [6, 6.07) is 16.6. The molecule has 1 unspecified atom stereocenters. The second-order valence-electron chi connectivity index (χ2n) is 8.93. The van der Waals surface area contributed by atoms with Gasteiger partial charge in [-0.2, -0.15) is 0 Å². The SMILES string of the molecule is Cc1cc(-c2ccc(CNc3nccc4cc(N5CCN(C(=O)O)C(C)C5)ncc34)cc2)ccn1. The van der Waals surface area contributed by atoms with Crippen molar-refractivity contribution in [1.29, 1.82) is 0 Å². The van der Waals surface area contributed by atoms with Gasteiger partial charge in [-0.05, 0) is 60.2 Å². The van der Waals surface area contributed by atoms with E-state index in [1.165, 1.54) is 4.90 Å². The lowest BCUT2D eigenvalue weighted by Crippen LogP contribution is -2.53. The number of nitrogens with one attached hydrogen (secondary N) is 1. The first-order chi connectivity index (χ1) is 17.0. The largest absolute Gasteiger partial charge is 0.465 e. The zero-order chi connectivity index (χ0) is 24.4. The fraction of sp³-hybridized carbons (Fsp3) is 0.259. The number of benzene rings is 1. The van der Waals surface area contributed by atoms with Crippen LogP contribution in [0.15, 0.2) is 67.1 Å². The van der Waals surface area contributed by atoms with Crippen molar-refractivity contribution in [3.8, 4) is 11.1 Å². The van der Waals surface area contributed by atoms with E-state index < -0.39 is 6.09 Å². The summed E-state index contributed by atoms with van der Waals surface area (Å²) >= 11 is 0. The third kappa shape index (κ3) is 4.87. The number of hydrogen-bond donors (Lipinski definition) is 2. The van der Waals surface area contributed by atoms with Gasteiger partial charge < -0.3 is 20.2 Å². The van der Waals surface area contributed by atoms with E-state index >= 15 is 0 Å². The number of amides is 1. The Labute approximate surface area is 204 Å². The summed E-state index contributed by atoms with van der Waals surface area (Å²) in [7, 11) is 0. The summed E-state index contributed by atoms with van der Waals surface area (Å²) < 4.78 is 0. The van der Waals surface area contributed by atoms with Gasteiger partial charge in [-0.25, -0.2) is 14.8 Å². The van der Waals surface area contributed by atoms with Gasteiger partial charge in [0.15, 0.2) is 0 Å². The first-order valence-corrected chi connectivity index (χ1v) is 11.7. The molecule has 4 heterocycles. The molecule has 0 saturated carbocycles. The summed E-state index contributed by atoms with van der Waals surface area (Å²) in [6.45, 7) is 6.29. The van der Waals surface area contributed by atoms with Gasteiger partial charge in [-0.1, -0.05) is 24.3 Å². The number of aromatic nitrogens is 3. The summed E-state index contributed by atoms with van der Waals surface area (Å²) in [5.41, 5.74) is 4.49. The van der Waals surface area contributed by atoms with Gasteiger partial charge in [0.1, 0.15) is 11.6 Å². The number of aryl methyl sites for hydroxylation is 1. The summed E-state index contributed by atoms with van der Waals surface area (Å²) in [6.07, 6.45) is 4.62. The Kier molecular flexibility index (Phi) is 6.18. The standard InChI is InChI=1S/C27H28N6O2/c1-18-13-22(7-9-28-18)21-5-3-20(4-6-21)15-31-26-24-16-30-25(14-23(24)8-10-29-26)32-11-12-33(27(34)35)19(2)17-32/h3-10,13-14,16,19H,11-12,15,17H2,1-2H3,(H,29,31)(H,34,35). The van der Waals surface area contributed by atoms with Gasteiger partial charge in [0.25, 0.3) is 0 Å². The number of pyridine rings is 3. The van der Waals surface area contributed by atoms with E-state index in [0.29, 0.717) is 26.2 Å². The molecular formula is C27H28N6O2. The average Bonchev–Trinajstić information content (AvgIpc) is 2.87. The minimum atomic E-state index is -0.868. The number of anilines is 2. The maximum Gasteiger partial charge on any atom is 0.407 e. The van der Waals surface area contributed by atoms with Crippen LogP contribution in [0.2, 0.25) is 0 Å². The normalized spacial score (nSPS) is 15.9. The van der Waals surface area contributed by atoms with E-state index in [9.17, 15) is 9.90 Å². The number of fused-ring (bicyclic) bond motifs is 1. The van der Waals surface area contributed by atoms with E-state index in [1.54, 1.807) is 6.20 Å². The molecule has 0 bridgehead atoms. The molecule has 1 aliphatic heterocycles. The fourth-order valence-electron chi connectivity index (χ4n) is 4.55. The highest BCUT2D eigenvalue weighted by Gasteiger charge is 2.27. The van der Waals surface area contributed by atoms with Crippen LogP contribution in [-0.4, -0.2) is 56.7 Å². The van der Waals surface area contributed by atoms with E-state index in [2.05, 4.69) is 61.6 Å². The van der Waals surface area contributed by atoms with Crippen molar-refractivity contribution in [1.82, 2.24) is 19.9 Å². The van der Waals surface area contributed by atoms with Crippen molar-refractivity contribution in [3.05, 3.63) is 78.4 Å². The molecule has 8 heteroatoms. The second kappa shape index (κ2) is 9.58. The molecule has 3 aromatic heterocycles. The Bertz CT molecular complexity index is 1360. The molecule has 1 fully saturated rings. The fourth-order valence-corrected chi connectivity index (χ4v) is 4.55. The lowest BCUT2D eigenvalue weighted by atomic mass is 10.0. The third-order valence-electron chi connectivity index (χ3n) is 6.48. The number of carboxylic acid groups (broad SMARTS) is 1. The Morgan fingerprint density at radius 1 is 1.03 bits per heavy atom. The smallest absolute Gasteiger partial charge is 0.407 e. The van der Waals surface area contributed by atoms with Crippen molar-refractivity contribution in [2.75, 3.05) is 29.9 Å². The van der Waals surface area contributed by atoms with E-state index in [4.69, 9.17) is 0 Å². The van der Waals surface area contributed by atoms with Crippen molar-refractivity contribution >= 4 is 28.5 Å². The third-order valence-corrected chi connectivity index (χ3v) is 6.48. The van der Waals surface area contributed by atoms with Crippen LogP contribution in [0.1, 0.15) is 18.2 Å². The molecule has 1 amide bonds. The maximum absolute atomic E-state index is 11.4. The summed E-state index contributed by atoms with van der Waals surface area (Å²) in [5, 5.41) is 14.8. The summed E-state index contributed by atoms with van der Waals surface area (Å²) in [5.74, 6) is 1.65. The molecule has 0 radical (unpaired) electrons. The molecular weight excluding hydrogens is 440 g/mol. The number of hydrogen-bond acceptors (Lipinski definition) is 6. The second-order valence-corrected chi connectivity index (χ2v) is 8.93. The zero-order valence-electron chi connectivity index (χ0n) is 19.8. The Balaban J connectivity index is 1.29. The molecule has 1 aromatic carbocycles. The molecule has 178 valence electrons. The molecule has 1 atom stereocenters. The van der Waals surface area contributed by atoms with Gasteiger partial charge in [0, 0.05) is 61.9 Å². The highest BCUT2D eigenvalue weighted by molar-refractivity contribution is 5.92. The number of rotatable bonds is 5. The Hall–Kier alpha value is -4.20. The van der Waals surface area contributed by atoms with Crippen LogP contribution < -0.4 is 10.2 Å². The molecule has 5 rings (SSSR count). The highest BCUT2D eigenvalue weighted by Crippen LogP contribution is 2.26. The molecule has 1 aliphatic rings.